The van der Waals surface area contributed by atoms with Crippen molar-refractivity contribution < 1.29 is 30.9 Å². The molecule has 1 atom stereocenters. The van der Waals surface area contributed by atoms with E-state index in [0.717, 1.165) is 32.1 Å². The van der Waals surface area contributed by atoms with E-state index in [1.54, 1.807) is 0 Å². The average molecular weight is 511 g/mol. The molecule has 0 spiro atoms. The first kappa shape index (κ1) is 27.4. The maximum Gasteiger partial charge on any atom is 0.522 e. The van der Waals surface area contributed by atoms with Gasteiger partial charge < -0.3 is 0 Å². The number of carbonyl (C=O) groups is 1. The standard InChI is InChI=1S/C26H32O.CHF3O3S/c1-3-4-5-6-11-19-16-23-21-13-8-7-12-20(21)17-24(23)26(18(19)2)22-14-9-10-15-25(22)27;2-1(3,4)8(5,6)7/h7-8,12-13,16,22H,3-6,9-11,14-15,17H2,1-2H3;(H,5,6,7). The number of hydrogen-bond acceptors (Lipinski definition) is 3. The number of fused-ring (bicyclic) bond motifs is 3. The predicted molar refractivity (Wildman–Crippen MR) is 131 cm³/mol. The van der Waals surface area contributed by atoms with Crippen LogP contribution in [0.25, 0.3) is 11.1 Å². The summed E-state index contributed by atoms with van der Waals surface area (Å²) < 4.78 is 57.5. The van der Waals surface area contributed by atoms with Gasteiger partial charge in [-0.15, -0.1) is 0 Å². The molecule has 1 N–H and O–H groups in total. The molecule has 35 heavy (non-hydrogen) atoms. The minimum atomic E-state index is -5.84. The number of unbranched alkanes of at least 4 members (excludes halogenated alkanes) is 3. The van der Waals surface area contributed by atoms with Crippen LogP contribution < -0.4 is 0 Å². The number of hydrogen-bond donors (Lipinski definition) is 1. The maximum atomic E-state index is 12.8. The molecule has 0 bridgehead atoms. The molecular formula is C27H33F3O4S. The Kier molecular flexibility index (Phi) is 8.81. The quantitative estimate of drug-likeness (QED) is 0.214. The molecule has 1 unspecified atom stereocenters. The molecule has 1 fully saturated rings. The fraction of sp³-hybridized carbons (Fsp3) is 0.519. The van der Waals surface area contributed by atoms with Crippen LogP contribution in [0.4, 0.5) is 13.2 Å². The lowest BCUT2D eigenvalue weighted by atomic mass is 9.76. The summed E-state index contributed by atoms with van der Waals surface area (Å²) in [5.74, 6) is 0.614. The zero-order valence-electron chi connectivity index (χ0n) is 20.2. The fourth-order valence-electron chi connectivity index (χ4n) is 5.23. The smallest absolute Gasteiger partial charge is 0.299 e. The van der Waals surface area contributed by atoms with E-state index in [4.69, 9.17) is 13.0 Å². The van der Waals surface area contributed by atoms with Crippen molar-refractivity contribution in [3.63, 3.8) is 0 Å². The molecule has 4 rings (SSSR count). The second kappa shape index (κ2) is 11.2. The molecular weight excluding hydrogens is 477 g/mol. The van der Waals surface area contributed by atoms with Crippen LogP contribution in [-0.2, 0) is 27.8 Å². The van der Waals surface area contributed by atoms with E-state index in [9.17, 15) is 18.0 Å². The van der Waals surface area contributed by atoms with E-state index in [1.165, 1.54) is 71.0 Å². The topological polar surface area (TPSA) is 71.4 Å². The molecule has 0 aromatic heterocycles. The second-order valence-electron chi connectivity index (χ2n) is 9.43. The zero-order valence-corrected chi connectivity index (χ0v) is 21.1. The first-order valence-electron chi connectivity index (χ1n) is 12.3. The number of Topliss-reactive ketones (excluding diaryl/α,β-unsaturated/α-hetero) is 1. The number of rotatable bonds is 6. The van der Waals surface area contributed by atoms with Crippen molar-refractivity contribution in [2.75, 3.05) is 0 Å². The number of halogens is 3. The molecule has 2 aromatic rings. The summed E-state index contributed by atoms with van der Waals surface area (Å²) >= 11 is 0. The maximum absolute atomic E-state index is 12.8. The lowest BCUT2D eigenvalue weighted by Crippen LogP contribution is -2.21. The van der Waals surface area contributed by atoms with Crippen molar-refractivity contribution in [1.82, 2.24) is 0 Å². The normalized spacial score (nSPS) is 17.4. The van der Waals surface area contributed by atoms with Gasteiger partial charge in [-0.2, -0.15) is 21.6 Å². The Morgan fingerprint density at radius 2 is 1.74 bits per heavy atom. The monoisotopic (exact) mass is 510 g/mol. The third-order valence-electron chi connectivity index (χ3n) is 7.02. The van der Waals surface area contributed by atoms with Crippen LogP contribution in [0.15, 0.2) is 30.3 Å². The second-order valence-corrected chi connectivity index (χ2v) is 10.8. The summed E-state index contributed by atoms with van der Waals surface area (Å²) in [5.41, 5.74) is 4.45. The Morgan fingerprint density at radius 1 is 1.06 bits per heavy atom. The van der Waals surface area contributed by atoms with Gasteiger partial charge in [0.2, 0.25) is 0 Å². The summed E-state index contributed by atoms with van der Waals surface area (Å²) in [4.78, 5) is 12.8. The Hall–Kier alpha value is -2.19. The van der Waals surface area contributed by atoms with Gasteiger partial charge >= 0.3 is 15.6 Å². The Bertz CT molecular complexity index is 1170. The zero-order chi connectivity index (χ0) is 25.8. The van der Waals surface area contributed by atoms with Gasteiger partial charge in [0.1, 0.15) is 5.78 Å². The molecule has 2 aliphatic rings. The molecule has 0 amide bonds. The van der Waals surface area contributed by atoms with Crippen molar-refractivity contribution in [2.45, 2.75) is 89.5 Å². The van der Waals surface area contributed by atoms with Gasteiger partial charge in [0, 0.05) is 12.3 Å². The van der Waals surface area contributed by atoms with Gasteiger partial charge in [0.05, 0.1) is 0 Å². The van der Waals surface area contributed by atoms with Crippen molar-refractivity contribution >= 4 is 15.9 Å². The van der Waals surface area contributed by atoms with Crippen LogP contribution in [0.1, 0.15) is 92.0 Å². The van der Waals surface area contributed by atoms with Crippen molar-refractivity contribution in [1.29, 1.82) is 0 Å². The minimum absolute atomic E-state index is 0.136. The molecule has 8 heteroatoms. The number of ketones is 1. The van der Waals surface area contributed by atoms with E-state index in [1.807, 2.05) is 0 Å². The SMILES string of the molecule is CCCCCCc1cc2c(c(C3CCCCC3=O)c1C)Cc1ccccc1-2.O=S(=O)(O)C(F)(F)F. The van der Waals surface area contributed by atoms with Crippen molar-refractivity contribution in [3.8, 4) is 11.1 Å². The minimum Gasteiger partial charge on any atom is -0.299 e. The lowest BCUT2D eigenvalue weighted by molar-refractivity contribution is -0.121. The van der Waals surface area contributed by atoms with Gasteiger partial charge in [-0.3, -0.25) is 9.35 Å². The fourth-order valence-corrected chi connectivity index (χ4v) is 5.23. The summed E-state index contributed by atoms with van der Waals surface area (Å²) in [6.07, 6.45) is 11.4. The molecule has 4 nitrogen and oxygen atoms in total. The molecule has 0 aliphatic heterocycles. The van der Waals surface area contributed by atoms with Gasteiger partial charge in [-0.05, 0) is 78.0 Å². The van der Waals surface area contributed by atoms with Crippen LogP contribution in [-0.4, -0.2) is 24.3 Å². The van der Waals surface area contributed by atoms with Crippen LogP contribution >= 0.6 is 0 Å². The largest absolute Gasteiger partial charge is 0.522 e. The van der Waals surface area contributed by atoms with E-state index >= 15 is 0 Å². The van der Waals surface area contributed by atoms with E-state index in [-0.39, 0.29) is 5.92 Å². The Labute approximate surface area is 205 Å². The number of alkyl halides is 3. The summed E-state index contributed by atoms with van der Waals surface area (Å²) in [5, 5.41) is 0. The number of aryl methyl sites for hydroxylation is 1. The Morgan fingerprint density at radius 3 is 2.37 bits per heavy atom. The molecule has 0 radical (unpaired) electrons. The predicted octanol–water partition coefficient (Wildman–Crippen LogP) is 7.31. The molecule has 1 saturated carbocycles. The molecule has 192 valence electrons. The van der Waals surface area contributed by atoms with Crippen LogP contribution in [0, 0.1) is 6.92 Å². The van der Waals surface area contributed by atoms with Crippen molar-refractivity contribution in [3.05, 3.63) is 58.1 Å². The number of benzene rings is 2. The Balaban J connectivity index is 0.000000371. The van der Waals surface area contributed by atoms with Gasteiger partial charge in [0.25, 0.3) is 0 Å². The average Bonchev–Trinajstić information content (AvgIpc) is 3.15. The van der Waals surface area contributed by atoms with E-state index in [0.29, 0.717) is 5.78 Å². The first-order valence-corrected chi connectivity index (χ1v) is 13.7. The molecule has 2 aliphatic carbocycles. The van der Waals surface area contributed by atoms with Crippen LogP contribution in [0.3, 0.4) is 0 Å². The highest BCUT2D eigenvalue weighted by Crippen LogP contribution is 2.45. The highest BCUT2D eigenvalue weighted by Gasteiger charge is 2.44. The lowest BCUT2D eigenvalue weighted by Gasteiger charge is -2.27. The summed E-state index contributed by atoms with van der Waals surface area (Å²) in [6, 6.07) is 11.3. The van der Waals surface area contributed by atoms with Gasteiger partial charge in [-0.1, -0.05) is 62.9 Å². The van der Waals surface area contributed by atoms with Crippen LogP contribution in [0.2, 0.25) is 0 Å². The van der Waals surface area contributed by atoms with Crippen LogP contribution in [0.5, 0.6) is 0 Å². The van der Waals surface area contributed by atoms with E-state index in [2.05, 4.69) is 44.2 Å². The third-order valence-corrected chi connectivity index (χ3v) is 7.61. The highest BCUT2D eigenvalue weighted by molar-refractivity contribution is 7.86. The van der Waals surface area contributed by atoms with Gasteiger partial charge in [-0.25, -0.2) is 0 Å². The summed E-state index contributed by atoms with van der Waals surface area (Å²) in [6.45, 7) is 4.56. The molecule has 2 aromatic carbocycles. The summed E-state index contributed by atoms with van der Waals surface area (Å²) in [7, 11) is -5.84. The number of carbonyl (C=O) groups excluding carboxylic acids is 1. The van der Waals surface area contributed by atoms with Crippen molar-refractivity contribution in [2.24, 2.45) is 0 Å². The molecule has 0 saturated heterocycles. The highest BCUT2D eigenvalue weighted by atomic mass is 32.2. The van der Waals surface area contributed by atoms with Gasteiger partial charge in [0.15, 0.2) is 0 Å². The molecule has 0 heterocycles. The third kappa shape index (κ3) is 6.33. The first-order chi connectivity index (χ1) is 16.5. The van der Waals surface area contributed by atoms with E-state index < -0.39 is 15.6 Å².